The summed E-state index contributed by atoms with van der Waals surface area (Å²) in [4.78, 5) is 14.1. The van der Waals surface area contributed by atoms with E-state index >= 15 is 0 Å². The number of hydrogen-bond donors (Lipinski definition) is 1. The Balaban J connectivity index is 1.66. The number of nitrogens with one attached hydrogen (secondary N) is 1. The second kappa shape index (κ2) is 8.00. The smallest absolute Gasteiger partial charge is 0.257 e. The fourth-order valence-electron chi connectivity index (χ4n) is 2.24. The van der Waals surface area contributed by atoms with Crippen molar-refractivity contribution in [3.63, 3.8) is 0 Å². The number of hydrogen-bond acceptors (Lipinski definition) is 4. The lowest BCUT2D eigenvalue weighted by molar-refractivity contribution is -0.123. The lowest BCUT2D eigenvalue weighted by atomic mass is 10.2. The molecule has 5 heteroatoms. The Morgan fingerprint density at radius 3 is 2.67 bits per heavy atom. The summed E-state index contributed by atoms with van der Waals surface area (Å²) in [5, 5.41) is 2.91. The van der Waals surface area contributed by atoms with Gasteiger partial charge in [-0.2, -0.15) is 0 Å². The Morgan fingerprint density at radius 2 is 2.00 bits per heavy atom. The van der Waals surface area contributed by atoms with E-state index in [1.807, 2.05) is 31.2 Å². The average Bonchev–Trinajstić information content (AvgIpc) is 2.53. The Hall–Kier alpha value is -1.59. The van der Waals surface area contributed by atoms with Gasteiger partial charge in [0.2, 0.25) is 0 Å². The van der Waals surface area contributed by atoms with Crippen molar-refractivity contribution in [1.82, 2.24) is 10.2 Å². The fraction of sp³-hybridized carbons (Fsp3) is 0.562. The molecule has 1 amide bonds. The summed E-state index contributed by atoms with van der Waals surface area (Å²) in [6, 6.07) is 8.00. The van der Waals surface area contributed by atoms with Crippen molar-refractivity contribution in [2.45, 2.75) is 19.9 Å². The summed E-state index contributed by atoms with van der Waals surface area (Å²) in [7, 11) is 0. The van der Waals surface area contributed by atoms with E-state index in [2.05, 4.69) is 17.1 Å². The standard InChI is InChI=1S/C16H24N2O3/c1-13-3-5-15(6-4-13)21-12-16(19)17-11-14(2)18-7-9-20-10-8-18/h3-6,14H,7-12H2,1-2H3,(H,17,19). The summed E-state index contributed by atoms with van der Waals surface area (Å²) in [6.45, 7) is 8.22. The van der Waals surface area contributed by atoms with Gasteiger partial charge < -0.3 is 14.8 Å². The van der Waals surface area contributed by atoms with E-state index in [0.717, 1.165) is 32.1 Å². The van der Waals surface area contributed by atoms with E-state index in [4.69, 9.17) is 9.47 Å². The summed E-state index contributed by atoms with van der Waals surface area (Å²) < 4.78 is 10.8. The van der Waals surface area contributed by atoms with Crippen LogP contribution in [-0.4, -0.2) is 56.3 Å². The number of ether oxygens (including phenoxy) is 2. The minimum Gasteiger partial charge on any atom is -0.484 e. The average molecular weight is 292 g/mol. The molecule has 0 bridgehead atoms. The first-order chi connectivity index (χ1) is 10.1. The van der Waals surface area contributed by atoms with Crippen molar-refractivity contribution in [2.24, 2.45) is 0 Å². The second-order valence-electron chi connectivity index (χ2n) is 5.40. The molecule has 1 saturated heterocycles. The van der Waals surface area contributed by atoms with Crippen LogP contribution in [0.2, 0.25) is 0 Å². The number of carbonyl (C=O) groups is 1. The van der Waals surface area contributed by atoms with E-state index in [1.54, 1.807) is 0 Å². The fourth-order valence-corrected chi connectivity index (χ4v) is 2.24. The number of aryl methyl sites for hydroxylation is 1. The molecule has 1 N–H and O–H groups in total. The van der Waals surface area contributed by atoms with Crippen LogP contribution in [0.15, 0.2) is 24.3 Å². The molecule has 116 valence electrons. The van der Waals surface area contributed by atoms with Gasteiger partial charge in [0.05, 0.1) is 13.2 Å². The highest BCUT2D eigenvalue weighted by atomic mass is 16.5. The van der Waals surface area contributed by atoms with E-state index in [0.29, 0.717) is 12.6 Å². The zero-order valence-corrected chi connectivity index (χ0v) is 12.8. The van der Waals surface area contributed by atoms with E-state index in [9.17, 15) is 4.79 Å². The third-order valence-electron chi connectivity index (χ3n) is 3.65. The Bertz CT molecular complexity index is 441. The van der Waals surface area contributed by atoms with Gasteiger partial charge in [0, 0.05) is 25.7 Å². The second-order valence-corrected chi connectivity index (χ2v) is 5.40. The Morgan fingerprint density at radius 1 is 1.33 bits per heavy atom. The quantitative estimate of drug-likeness (QED) is 0.856. The van der Waals surface area contributed by atoms with Crippen molar-refractivity contribution < 1.29 is 14.3 Å². The summed E-state index contributed by atoms with van der Waals surface area (Å²) in [6.07, 6.45) is 0. The molecule has 2 rings (SSSR count). The summed E-state index contributed by atoms with van der Waals surface area (Å²) >= 11 is 0. The molecule has 1 atom stereocenters. The highest BCUT2D eigenvalue weighted by molar-refractivity contribution is 5.77. The van der Waals surface area contributed by atoms with Crippen LogP contribution < -0.4 is 10.1 Å². The lowest BCUT2D eigenvalue weighted by Gasteiger charge is -2.32. The molecule has 0 spiro atoms. The van der Waals surface area contributed by atoms with Gasteiger partial charge in [-0.15, -0.1) is 0 Å². The van der Waals surface area contributed by atoms with Gasteiger partial charge in [0.1, 0.15) is 5.75 Å². The van der Waals surface area contributed by atoms with E-state index in [1.165, 1.54) is 5.56 Å². The van der Waals surface area contributed by atoms with Gasteiger partial charge in [0.25, 0.3) is 5.91 Å². The van der Waals surface area contributed by atoms with Crippen LogP contribution in [0.1, 0.15) is 12.5 Å². The summed E-state index contributed by atoms with van der Waals surface area (Å²) in [5.74, 6) is 0.632. The highest BCUT2D eigenvalue weighted by Gasteiger charge is 2.17. The van der Waals surface area contributed by atoms with Crippen LogP contribution in [0.25, 0.3) is 0 Å². The molecular weight excluding hydrogens is 268 g/mol. The maximum atomic E-state index is 11.8. The number of nitrogens with zero attached hydrogens (tertiary/aromatic N) is 1. The molecule has 1 aliphatic heterocycles. The van der Waals surface area contributed by atoms with Crippen LogP contribution in [0, 0.1) is 6.92 Å². The topological polar surface area (TPSA) is 50.8 Å². The van der Waals surface area contributed by atoms with Gasteiger partial charge in [-0.1, -0.05) is 17.7 Å². The lowest BCUT2D eigenvalue weighted by Crippen LogP contribution is -2.47. The van der Waals surface area contributed by atoms with Crippen molar-refractivity contribution in [3.05, 3.63) is 29.8 Å². The maximum absolute atomic E-state index is 11.8. The van der Waals surface area contributed by atoms with Crippen LogP contribution in [-0.2, 0) is 9.53 Å². The van der Waals surface area contributed by atoms with Crippen LogP contribution in [0.4, 0.5) is 0 Å². The van der Waals surface area contributed by atoms with Crippen LogP contribution in [0.3, 0.4) is 0 Å². The molecule has 21 heavy (non-hydrogen) atoms. The normalized spacial score (nSPS) is 17.2. The summed E-state index contributed by atoms with van der Waals surface area (Å²) in [5.41, 5.74) is 1.17. The molecule has 1 heterocycles. The van der Waals surface area contributed by atoms with Gasteiger partial charge in [-0.05, 0) is 26.0 Å². The zero-order valence-electron chi connectivity index (χ0n) is 12.8. The molecule has 5 nitrogen and oxygen atoms in total. The zero-order chi connectivity index (χ0) is 15.1. The molecule has 0 saturated carbocycles. The van der Waals surface area contributed by atoms with Crippen LogP contribution in [0.5, 0.6) is 5.75 Å². The number of benzene rings is 1. The molecule has 0 radical (unpaired) electrons. The number of carbonyl (C=O) groups excluding carboxylic acids is 1. The molecule has 1 aromatic carbocycles. The molecule has 1 fully saturated rings. The van der Waals surface area contributed by atoms with Crippen molar-refractivity contribution in [3.8, 4) is 5.75 Å². The largest absolute Gasteiger partial charge is 0.484 e. The predicted molar refractivity (Wildman–Crippen MR) is 81.5 cm³/mol. The SMILES string of the molecule is Cc1ccc(OCC(=O)NCC(C)N2CCOCC2)cc1. The molecule has 1 aromatic rings. The van der Waals surface area contributed by atoms with Crippen molar-refractivity contribution in [1.29, 1.82) is 0 Å². The van der Waals surface area contributed by atoms with Gasteiger partial charge in [0.15, 0.2) is 6.61 Å². The van der Waals surface area contributed by atoms with Crippen LogP contribution >= 0.6 is 0 Å². The Labute approximate surface area is 126 Å². The van der Waals surface area contributed by atoms with Crippen molar-refractivity contribution in [2.75, 3.05) is 39.5 Å². The third kappa shape index (κ3) is 5.36. The van der Waals surface area contributed by atoms with E-state index < -0.39 is 0 Å². The Kier molecular flexibility index (Phi) is 6.02. The van der Waals surface area contributed by atoms with E-state index in [-0.39, 0.29) is 12.5 Å². The highest BCUT2D eigenvalue weighted by Crippen LogP contribution is 2.10. The van der Waals surface area contributed by atoms with Gasteiger partial charge in [-0.3, -0.25) is 9.69 Å². The first-order valence-electron chi connectivity index (χ1n) is 7.43. The first-order valence-corrected chi connectivity index (χ1v) is 7.43. The number of morpholine rings is 1. The number of amides is 1. The monoisotopic (exact) mass is 292 g/mol. The third-order valence-corrected chi connectivity index (χ3v) is 3.65. The predicted octanol–water partition coefficient (Wildman–Crippen LogP) is 1.21. The maximum Gasteiger partial charge on any atom is 0.257 e. The minimum atomic E-state index is -0.0873. The molecule has 0 aliphatic carbocycles. The number of rotatable bonds is 6. The molecule has 0 aromatic heterocycles. The first kappa shape index (κ1) is 15.8. The molecule has 1 unspecified atom stereocenters. The molecular formula is C16H24N2O3. The van der Waals surface area contributed by atoms with Gasteiger partial charge >= 0.3 is 0 Å². The molecule has 1 aliphatic rings. The minimum absolute atomic E-state index is 0.0545. The van der Waals surface area contributed by atoms with Gasteiger partial charge in [-0.25, -0.2) is 0 Å². The van der Waals surface area contributed by atoms with Crippen molar-refractivity contribution >= 4 is 5.91 Å².